The van der Waals surface area contributed by atoms with Crippen LogP contribution in [0.3, 0.4) is 0 Å². The Labute approximate surface area is 126 Å². The topological polar surface area (TPSA) is 42.4 Å². The Morgan fingerprint density at radius 2 is 2.05 bits per heavy atom. The van der Waals surface area contributed by atoms with E-state index in [1.165, 1.54) is 0 Å². The van der Waals surface area contributed by atoms with Crippen LogP contribution in [-0.4, -0.2) is 30.9 Å². The highest BCUT2D eigenvalue weighted by atomic mass is 35.5. The van der Waals surface area contributed by atoms with Gasteiger partial charge in [0.05, 0.1) is 25.0 Å². The molecule has 0 bridgehead atoms. The van der Waals surface area contributed by atoms with Crippen molar-refractivity contribution in [3.63, 3.8) is 0 Å². The number of anilines is 1. The van der Waals surface area contributed by atoms with Crippen LogP contribution in [-0.2, 0) is 10.8 Å². The van der Waals surface area contributed by atoms with Gasteiger partial charge in [-0.3, -0.25) is 9.88 Å². The Morgan fingerprint density at radius 1 is 1.40 bits per heavy atom. The van der Waals surface area contributed by atoms with Crippen LogP contribution in [0.1, 0.15) is 26.3 Å². The molecule has 4 nitrogen and oxygen atoms in total. The van der Waals surface area contributed by atoms with Crippen molar-refractivity contribution in [3.05, 3.63) is 23.0 Å². The van der Waals surface area contributed by atoms with Gasteiger partial charge in [-0.1, -0.05) is 24.7 Å². The van der Waals surface area contributed by atoms with Crippen molar-refractivity contribution in [2.45, 2.75) is 45.5 Å². The second kappa shape index (κ2) is 5.04. The van der Waals surface area contributed by atoms with Crippen molar-refractivity contribution in [1.29, 1.82) is 0 Å². The highest BCUT2D eigenvalue weighted by Gasteiger charge is 2.37. The monoisotopic (exact) mass is 312 g/mol. The highest BCUT2D eigenvalue weighted by Crippen LogP contribution is 2.35. The van der Waals surface area contributed by atoms with E-state index in [4.69, 9.17) is 16.3 Å². The number of hydrogen-bond acceptors (Lipinski definition) is 3. The van der Waals surface area contributed by atoms with E-state index in [0.717, 1.165) is 23.5 Å². The molecule has 0 unspecified atom stereocenters. The second-order valence-corrected chi connectivity index (χ2v) is 12.4. The lowest BCUT2D eigenvalue weighted by molar-refractivity contribution is 0.0584. The van der Waals surface area contributed by atoms with Crippen molar-refractivity contribution >= 4 is 31.5 Å². The Kier molecular flexibility index (Phi) is 3.86. The van der Waals surface area contributed by atoms with E-state index in [-0.39, 0.29) is 6.09 Å². The Morgan fingerprint density at radius 3 is 2.65 bits per heavy atom. The van der Waals surface area contributed by atoms with Gasteiger partial charge < -0.3 is 4.74 Å². The zero-order valence-corrected chi connectivity index (χ0v) is 14.4. The average molecular weight is 313 g/mol. The molecule has 0 fully saturated rings. The molecule has 1 amide bonds. The Bertz CT molecular complexity index is 540. The van der Waals surface area contributed by atoms with E-state index in [0.29, 0.717) is 5.02 Å². The maximum atomic E-state index is 12.4. The molecule has 110 valence electrons. The summed E-state index contributed by atoms with van der Waals surface area (Å²) < 4.78 is 5.51. The number of halogens is 1. The summed E-state index contributed by atoms with van der Waals surface area (Å²) in [6.07, 6.45) is 3.76. The summed E-state index contributed by atoms with van der Waals surface area (Å²) in [5.74, 6) is 0. The summed E-state index contributed by atoms with van der Waals surface area (Å²) in [5, 5.41) is 0.635. The molecule has 0 N–H and O–H groups in total. The average Bonchev–Trinajstić information content (AvgIpc) is 2.26. The highest BCUT2D eigenvalue weighted by molar-refractivity contribution is 6.78. The van der Waals surface area contributed by atoms with Crippen LogP contribution in [0.15, 0.2) is 12.4 Å². The SMILES string of the molecule is CC(C)(C)OC(=O)N1C[Si](C)(C)Cc2c(Cl)cncc21. The summed E-state index contributed by atoms with van der Waals surface area (Å²) >= 11 is 6.25. The number of carbonyl (C=O) groups excluding carboxylic acids is 1. The van der Waals surface area contributed by atoms with Crippen LogP contribution in [0.2, 0.25) is 18.1 Å². The molecule has 0 spiro atoms. The molecule has 0 radical (unpaired) electrons. The summed E-state index contributed by atoms with van der Waals surface area (Å²) in [5.41, 5.74) is 1.31. The first kappa shape index (κ1) is 15.3. The lowest BCUT2D eigenvalue weighted by Crippen LogP contribution is -2.52. The van der Waals surface area contributed by atoms with E-state index >= 15 is 0 Å². The quantitative estimate of drug-likeness (QED) is 0.684. The maximum absolute atomic E-state index is 12.4. The first-order valence-corrected chi connectivity index (χ1v) is 10.5. The van der Waals surface area contributed by atoms with E-state index in [2.05, 4.69) is 18.1 Å². The lowest BCUT2D eigenvalue weighted by Gasteiger charge is -2.38. The molecule has 1 aromatic rings. The van der Waals surface area contributed by atoms with Gasteiger partial charge in [-0.05, 0) is 32.4 Å². The largest absolute Gasteiger partial charge is 0.443 e. The third-order valence-electron chi connectivity index (χ3n) is 3.13. The molecule has 2 rings (SSSR count). The van der Waals surface area contributed by atoms with Crippen molar-refractivity contribution in [1.82, 2.24) is 4.98 Å². The number of fused-ring (bicyclic) bond motifs is 1. The number of carbonyl (C=O) groups is 1. The van der Waals surface area contributed by atoms with Gasteiger partial charge >= 0.3 is 6.09 Å². The van der Waals surface area contributed by atoms with Crippen molar-refractivity contribution in [2.75, 3.05) is 11.1 Å². The minimum Gasteiger partial charge on any atom is -0.443 e. The third kappa shape index (κ3) is 3.33. The number of ether oxygens (including phenoxy) is 1. The van der Waals surface area contributed by atoms with Crippen LogP contribution in [0.4, 0.5) is 10.5 Å². The number of aromatic nitrogens is 1. The standard InChI is InChI=1S/C14H21ClN2O2Si/c1-14(2,3)19-13(18)17-9-20(4,5)8-10-11(15)6-16-7-12(10)17/h6-7H,8-9H2,1-5H3. The molecule has 0 aliphatic carbocycles. The number of pyridine rings is 1. The van der Waals surface area contributed by atoms with E-state index in [9.17, 15) is 4.79 Å². The first-order valence-electron chi connectivity index (χ1n) is 6.72. The second-order valence-electron chi connectivity index (χ2n) is 7.03. The number of hydrogen-bond donors (Lipinski definition) is 0. The Hall–Kier alpha value is -1.07. The fourth-order valence-electron chi connectivity index (χ4n) is 2.39. The molecule has 1 aliphatic heterocycles. The van der Waals surface area contributed by atoms with E-state index < -0.39 is 13.7 Å². The van der Waals surface area contributed by atoms with Crippen molar-refractivity contribution in [2.24, 2.45) is 0 Å². The minimum absolute atomic E-state index is 0.317. The molecule has 1 aromatic heterocycles. The zero-order valence-electron chi connectivity index (χ0n) is 12.7. The number of amides is 1. The normalized spacial score (nSPS) is 17.6. The summed E-state index contributed by atoms with van der Waals surface area (Å²) in [7, 11) is -1.56. The molecule has 0 aromatic carbocycles. The molecule has 2 heterocycles. The molecule has 0 saturated heterocycles. The smallest absolute Gasteiger partial charge is 0.414 e. The van der Waals surface area contributed by atoms with Gasteiger partial charge in [0, 0.05) is 12.4 Å². The van der Waals surface area contributed by atoms with Gasteiger partial charge in [0.1, 0.15) is 5.60 Å². The molecule has 0 atom stereocenters. The number of rotatable bonds is 0. The van der Waals surface area contributed by atoms with Gasteiger partial charge in [-0.25, -0.2) is 4.79 Å². The van der Waals surface area contributed by atoms with Crippen molar-refractivity contribution < 1.29 is 9.53 Å². The summed E-state index contributed by atoms with van der Waals surface area (Å²) in [6.45, 7) is 10.1. The van der Waals surface area contributed by atoms with Gasteiger partial charge in [0.15, 0.2) is 0 Å². The summed E-state index contributed by atoms with van der Waals surface area (Å²) in [4.78, 5) is 18.2. The van der Waals surface area contributed by atoms with Gasteiger partial charge in [-0.15, -0.1) is 0 Å². The predicted molar refractivity (Wildman–Crippen MR) is 84.0 cm³/mol. The minimum atomic E-state index is -1.56. The molecule has 0 saturated carbocycles. The van der Waals surface area contributed by atoms with E-state index in [1.54, 1.807) is 17.3 Å². The van der Waals surface area contributed by atoms with Gasteiger partial charge in [0.2, 0.25) is 0 Å². The molecule has 6 heteroatoms. The molecule has 20 heavy (non-hydrogen) atoms. The Balaban J connectivity index is 2.40. The maximum Gasteiger partial charge on any atom is 0.414 e. The van der Waals surface area contributed by atoms with Gasteiger partial charge in [0.25, 0.3) is 0 Å². The molecule has 1 aliphatic rings. The molecular weight excluding hydrogens is 292 g/mol. The van der Waals surface area contributed by atoms with Crippen molar-refractivity contribution in [3.8, 4) is 0 Å². The zero-order chi connectivity index (χ0) is 15.1. The molecular formula is C14H21ClN2O2Si. The lowest BCUT2D eigenvalue weighted by atomic mass is 10.2. The third-order valence-corrected chi connectivity index (χ3v) is 5.94. The van der Waals surface area contributed by atoms with Crippen LogP contribution < -0.4 is 4.90 Å². The number of nitrogens with zero attached hydrogens (tertiary/aromatic N) is 2. The van der Waals surface area contributed by atoms with Crippen LogP contribution in [0, 0.1) is 0 Å². The fraction of sp³-hybridized carbons (Fsp3) is 0.571. The predicted octanol–water partition coefficient (Wildman–Crippen LogP) is 3.82. The van der Waals surface area contributed by atoms with Crippen LogP contribution in [0.25, 0.3) is 0 Å². The van der Waals surface area contributed by atoms with Crippen LogP contribution >= 0.6 is 11.6 Å². The van der Waals surface area contributed by atoms with Crippen LogP contribution in [0.5, 0.6) is 0 Å². The first-order chi connectivity index (χ1) is 9.09. The van der Waals surface area contributed by atoms with Gasteiger partial charge in [-0.2, -0.15) is 0 Å². The fourth-order valence-corrected chi connectivity index (χ4v) is 5.31. The summed E-state index contributed by atoms with van der Waals surface area (Å²) in [6, 6.07) is 0.961. The van der Waals surface area contributed by atoms with E-state index in [1.807, 2.05) is 20.8 Å².